The minimum absolute atomic E-state index is 0.126. The van der Waals surface area contributed by atoms with Gasteiger partial charge in [-0.1, -0.05) is 6.08 Å². The molecule has 0 aliphatic carbocycles. The van der Waals surface area contributed by atoms with Crippen LogP contribution in [0.1, 0.15) is 19.4 Å². The number of benzene rings is 1. The third kappa shape index (κ3) is 4.45. The molecule has 0 unspecified atom stereocenters. The Morgan fingerprint density at radius 1 is 1.52 bits per heavy atom. The maximum atomic E-state index is 11.0. The van der Waals surface area contributed by atoms with E-state index in [1.165, 1.54) is 12.1 Å². The highest BCUT2D eigenvalue weighted by Gasteiger charge is 2.16. The Hall–Kier alpha value is -2.63. The minimum Gasteiger partial charge on any atom is -0.478 e. The summed E-state index contributed by atoms with van der Waals surface area (Å²) in [5.74, 6) is -1.15. The molecule has 0 heterocycles. The number of aliphatic carboxylic acids is 1. The van der Waals surface area contributed by atoms with Gasteiger partial charge in [0.1, 0.15) is 0 Å². The van der Waals surface area contributed by atoms with E-state index < -0.39 is 10.9 Å². The van der Waals surface area contributed by atoms with Gasteiger partial charge in [0.15, 0.2) is 0 Å². The van der Waals surface area contributed by atoms with Crippen molar-refractivity contribution >= 4 is 23.4 Å². The lowest BCUT2D eigenvalue weighted by Gasteiger charge is -2.27. The maximum absolute atomic E-state index is 11.0. The van der Waals surface area contributed by atoms with Crippen molar-refractivity contribution in [1.29, 1.82) is 0 Å². The van der Waals surface area contributed by atoms with E-state index in [9.17, 15) is 14.9 Å². The molecule has 6 heteroatoms. The SMILES string of the molecule is C=CCN(c1ccc([N+](=O)[O-])c(/C=C/C(=O)O)c1)C(C)C. The van der Waals surface area contributed by atoms with Gasteiger partial charge in [0.25, 0.3) is 5.69 Å². The Morgan fingerprint density at radius 3 is 2.67 bits per heavy atom. The minimum atomic E-state index is -1.15. The van der Waals surface area contributed by atoms with Gasteiger partial charge in [-0.05, 0) is 32.1 Å². The number of carbonyl (C=O) groups is 1. The molecule has 0 atom stereocenters. The van der Waals surface area contributed by atoms with Gasteiger partial charge in [0.05, 0.1) is 10.5 Å². The highest BCUT2D eigenvalue weighted by molar-refractivity contribution is 5.86. The van der Waals surface area contributed by atoms with Crippen LogP contribution in [0.3, 0.4) is 0 Å². The van der Waals surface area contributed by atoms with Crippen molar-refractivity contribution in [2.45, 2.75) is 19.9 Å². The number of rotatable bonds is 7. The van der Waals surface area contributed by atoms with E-state index in [0.29, 0.717) is 6.54 Å². The number of anilines is 1. The molecule has 0 saturated carbocycles. The summed E-state index contributed by atoms with van der Waals surface area (Å²) in [6.07, 6.45) is 3.86. The summed E-state index contributed by atoms with van der Waals surface area (Å²) in [5.41, 5.74) is 0.911. The molecule has 0 bridgehead atoms. The molecule has 1 N–H and O–H groups in total. The van der Waals surface area contributed by atoms with Gasteiger partial charge >= 0.3 is 5.97 Å². The predicted octanol–water partition coefficient (Wildman–Crippen LogP) is 3.09. The lowest BCUT2D eigenvalue weighted by atomic mass is 10.1. The van der Waals surface area contributed by atoms with Gasteiger partial charge in [0, 0.05) is 30.4 Å². The molecule has 0 amide bonds. The molecule has 0 aromatic heterocycles. The van der Waals surface area contributed by atoms with Crippen molar-refractivity contribution in [2.75, 3.05) is 11.4 Å². The van der Waals surface area contributed by atoms with Gasteiger partial charge in [-0.3, -0.25) is 10.1 Å². The lowest BCUT2D eigenvalue weighted by Crippen LogP contribution is -2.30. The zero-order chi connectivity index (χ0) is 16.0. The first-order valence-electron chi connectivity index (χ1n) is 6.43. The molecular weight excluding hydrogens is 272 g/mol. The van der Waals surface area contributed by atoms with Crippen molar-refractivity contribution < 1.29 is 14.8 Å². The zero-order valence-corrected chi connectivity index (χ0v) is 12.0. The molecule has 0 radical (unpaired) electrons. The van der Waals surface area contributed by atoms with E-state index in [0.717, 1.165) is 11.8 Å². The first kappa shape index (κ1) is 16.4. The van der Waals surface area contributed by atoms with Crippen molar-refractivity contribution in [3.63, 3.8) is 0 Å². The molecule has 1 rings (SSSR count). The third-order valence-electron chi connectivity index (χ3n) is 2.89. The lowest BCUT2D eigenvalue weighted by molar-refractivity contribution is -0.385. The summed E-state index contributed by atoms with van der Waals surface area (Å²) in [5, 5.41) is 19.7. The average Bonchev–Trinajstić information content (AvgIpc) is 2.41. The number of nitro groups is 1. The summed E-state index contributed by atoms with van der Waals surface area (Å²) in [6.45, 7) is 8.28. The van der Waals surface area contributed by atoms with E-state index in [4.69, 9.17) is 5.11 Å². The molecule has 1 aromatic carbocycles. The Balaban J connectivity index is 3.31. The largest absolute Gasteiger partial charge is 0.478 e. The first-order chi connectivity index (χ1) is 9.86. The van der Waals surface area contributed by atoms with Crippen LogP contribution in [0.4, 0.5) is 11.4 Å². The van der Waals surface area contributed by atoms with Crippen LogP contribution >= 0.6 is 0 Å². The van der Waals surface area contributed by atoms with Crippen LogP contribution in [0.5, 0.6) is 0 Å². The smallest absolute Gasteiger partial charge is 0.328 e. The van der Waals surface area contributed by atoms with Crippen LogP contribution in [0.25, 0.3) is 6.08 Å². The van der Waals surface area contributed by atoms with Crippen LogP contribution in [-0.2, 0) is 4.79 Å². The molecule has 0 fully saturated rings. The van der Waals surface area contributed by atoms with Crippen molar-refractivity contribution in [3.05, 3.63) is 52.6 Å². The van der Waals surface area contributed by atoms with Gasteiger partial charge < -0.3 is 10.0 Å². The molecular formula is C15H18N2O4. The summed E-state index contributed by atoms with van der Waals surface area (Å²) < 4.78 is 0. The second-order valence-electron chi connectivity index (χ2n) is 4.71. The predicted molar refractivity (Wildman–Crippen MR) is 82.4 cm³/mol. The normalized spacial score (nSPS) is 10.8. The van der Waals surface area contributed by atoms with Crippen molar-refractivity contribution in [3.8, 4) is 0 Å². The van der Waals surface area contributed by atoms with E-state index in [2.05, 4.69) is 6.58 Å². The van der Waals surface area contributed by atoms with Gasteiger partial charge in [-0.25, -0.2) is 4.79 Å². The Bertz CT molecular complexity index is 579. The Kier molecular flexibility index (Phi) is 5.66. The van der Waals surface area contributed by atoms with Crippen LogP contribution in [0, 0.1) is 10.1 Å². The van der Waals surface area contributed by atoms with Crippen LogP contribution < -0.4 is 4.90 Å². The first-order valence-corrected chi connectivity index (χ1v) is 6.43. The van der Waals surface area contributed by atoms with E-state index >= 15 is 0 Å². The van der Waals surface area contributed by atoms with Crippen molar-refractivity contribution in [1.82, 2.24) is 0 Å². The number of carboxylic acids is 1. The summed E-state index contributed by atoms with van der Waals surface area (Å²) in [7, 11) is 0. The van der Waals surface area contributed by atoms with Gasteiger partial charge in [-0.15, -0.1) is 6.58 Å². The van der Waals surface area contributed by atoms with Crippen molar-refractivity contribution in [2.24, 2.45) is 0 Å². The highest BCUT2D eigenvalue weighted by atomic mass is 16.6. The third-order valence-corrected chi connectivity index (χ3v) is 2.89. The number of hydrogen-bond donors (Lipinski definition) is 1. The fraction of sp³-hybridized carbons (Fsp3) is 0.267. The summed E-state index contributed by atoms with van der Waals surface area (Å²) in [6, 6.07) is 4.83. The average molecular weight is 290 g/mol. The molecule has 1 aromatic rings. The number of nitro benzene ring substituents is 1. The second-order valence-corrected chi connectivity index (χ2v) is 4.71. The standard InChI is InChI=1S/C15H18N2O4/c1-4-9-16(11(2)3)13-6-7-14(17(20)21)12(10-13)5-8-15(18)19/h4-8,10-11H,1,9H2,2-3H3,(H,18,19)/b8-5+. The van der Waals surface area contributed by atoms with E-state index in [1.807, 2.05) is 18.7 Å². The Morgan fingerprint density at radius 2 is 2.19 bits per heavy atom. The van der Waals surface area contributed by atoms with Gasteiger partial charge in [-0.2, -0.15) is 0 Å². The molecule has 0 aliphatic heterocycles. The monoisotopic (exact) mass is 290 g/mol. The molecule has 6 nitrogen and oxygen atoms in total. The van der Waals surface area contributed by atoms with Crippen LogP contribution in [-0.4, -0.2) is 28.6 Å². The second kappa shape index (κ2) is 7.23. The van der Waals surface area contributed by atoms with Crippen LogP contribution in [0.2, 0.25) is 0 Å². The Labute approximate surface area is 123 Å². The quantitative estimate of drug-likeness (QED) is 0.361. The van der Waals surface area contributed by atoms with Gasteiger partial charge in [0.2, 0.25) is 0 Å². The summed E-state index contributed by atoms with van der Waals surface area (Å²) >= 11 is 0. The zero-order valence-electron chi connectivity index (χ0n) is 12.0. The molecule has 0 spiro atoms. The number of hydrogen-bond acceptors (Lipinski definition) is 4. The summed E-state index contributed by atoms with van der Waals surface area (Å²) in [4.78, 5) is 23.1. The topological polar surface area (TPSA) is 83.7 Å². The molecule has 0 aliphatic rings. The van der Waals surface area contributed by atoms with Crippen LogP contribution in [0.15, 0.2) is 36.9 Å². The van der Waals surface area contributed by atoms with E-state index in [-0.39, 0.29) is 17.3 Å². The molecule has 112 valence electrons. The maximum Gasteiger partial charge on any atom is 0.328 e. The fourth-order valence-electron chi connectivity index (χ4n) is 1.93. The molecule has 21 heavy (non-hydrogen) atoms. The van der Waals surface area contributed by atoms with E-state index in [1.54, 1.807) is 18.2 Å². The number of carboxylic acid groups (broad SMARTS) is 1. The number of nitrogens with zero attached hydrogens (tertiary/aromatic N) is 2. The molecule has 0 saturated heterocycles. The fourth-order valence-corrected chi connectivity index (χ4v) is 1.93. The highest BCUT2D eigenvalue weighted by Crippen LogP contribution is 2.27.